The van der Waals surface area contributed by atoms with Crippen LogP contribution >= 0.6 is 11.3 Å². The molecule has 1 fully saturated rings. The van der Waals surface area contributed by atoms with Crippen LogP contribution in [0.15, 0.2) is 5.38 Å². The van der Waals surface area contributed by atoms with E-state index in [9.17, 15) is 9.59 Å². The molecule has 6 nitrogen and oxygen atoms in total. The molecular weight excluding hydrogens is 266 g/mol. The van der Waals surface area contributed by atoms with Gasteiger partial charge >= 0.3 is 0 Å². The van der Waals surface area contributed by atoms with Crippen LogP contribution in [0.5, 0.6) is 0 Å². The fraction of sp³-hybridized carbons (Fsp3) is 0.583. The molecule has 1 aromatic heterocycles. The SMILES string of the molecule is CC(=O)Nc1nc(C(=O)NC(C)C2CCCO2)cs1. The van der Waals surface area contributed by atoms with E-state index in [4.69, 9.17) is 4.74 Å². The van der Waals surface area contributed by atoms with E-state index in [2.05, 4.69) is 15.6 Å². The Morgan fingerprint density at radius 3 is 3.00 bits per heavy atom. The lowest BCUT2D eigenvalue weighted by Crippen LogP contribution is -2.40. The molecule has 1 aromatic rings. The average Bonchev–Trinajstić information content (AvgIpc) is 2.97. The third kappa shape index (κ3) is 3.74. The molecule has 1 aliphatic rings. The molecule has 0 spiro atoms. The van der Waals surface area contributed by atoms with Crippen molar-refractivity contribution in [2.24, 2.45) is 0 Å². The molecule has 2 heterocycles. The van der Waals surface area contributed by atoms with Crippen LogP contribution in [0.4, 0.5) is 5.13 Å². The molecule has 1 aliphatic heterocycles. The number of amides is 2. The monoisotopic (exact) mass is 283 g/mol. The van der Waals surface area contributed by atoms with Crippen molar-refractivity contribution in [3.05, 3.63) is 11.1 Å². The third-order valence-electron chi connectivity index (χ3n) is 2.90. The zero-order valence-corrected chi connectivity index (χ0v) is 11.8. The number of ether oxygens (including phenoxy) is 1. The van der Waals surface area contributed by atoms with Crippen LogP contribution in [0.3, 0.4) is 0 Å². The Morgan fingerprint density at radius 1 is 1.58 bits per heavy atom. The lowest BCUT2D eigenvalue weighted by atomic mass is 10.1. The van der Waals surface area contributed by atoms with Gasteiger partial charge in [0, 0.05) is 18.9 Å². The summed E-state index contributed by atoms with van der Waals surface area (Å²) in [4.78, 5) is 26.9. The third-order valence-corrected chi connectivity index (χ3v) is 3.66. The predicted molar refractivity (Wildman–Crippen MR) is 72.3 cm³/mol. The largest absolute Gasteiger partial charge is 0.376 e. The van der Waals surface area contributed by atoms with Gasteiger partial charge in [0.1, 0.15) is 5.69 Å². The molecule has 0 aliphatic carbocycles. The van der Waals surface area contributed by atoms with Gasteiger partial charge in [-0.1, -0.05) is 0 Å². The van der Waals surface area contributed by atoms with Crippen LogP contribution in [-0.4, -0.2) is 35.6 Å². The standard InChI is InChI=1S/C12H17N3O3S/c1-7(10-4-3-5-18-10)13-11(17)9-6-19-12(15-9)14-8(2)16/h6-7,10H,3-5H2,1-2H3,(H,13,17)(H,14,15,16). The molecular formula is C12H17N3O3S. The Bertz CT molecular complexity index is 469. The van der Waals surface area contributed by atoms with E-state index in [1.807, 2.05) is 6.92 Å². The summed E-state index contributed by atoms with van der Waals surface area (Å²) in [7, 11) is 0. The number of nitrogens with zero attached hydrogens (tertiary/aromatic N) is 1. The number of carbonyl (C=O) groups is 2. The summed E-state index contributed by atoms with van der Waals surface area (Å²) >= 11 is 1.23. The highest BCUT2D eigenvalue weighted by Gasteiger charge is 2.24. The van der Waals surface area contributed by atoms with Gasteiger partial charge in [0.15, 0.2) is 5.13 Å². The van der Waals surface area contributed by atoms with Crippen LogP contribution in [0.2, 0.25) is 0 Å². The van der Waals surface area contributed by atoms with Gasteiger partial charge in [-0.25, -0.2) is 4.98 Å². The minimum Gasteiger partial charge on any atom is -0.376 e. The maximum absolute atomic E-state index is 12.0. The van der Waals surface area contributed by atoms with Crippen molar-refractivity contribution in [2.45, 2.75) is 38.8 Å². The van der Waals surface area contributed by atoms with Crippen molar-refractivity contribution in [3.63, 3.8) is 0 Å². The summed E-state index contributed by atoms with van der Waals surface area (Å²) < 4.78 is 5.52. The number of aromatic nitrogens is 1. The summed E-state index contributed by atoms with van der Waals surface area (Å²) in [5, 5.41) is 7.49. The Morgan fingerprint density at radius 2 is 2.37 bits per heavy atom. The maximum atomic E-state index is 12.0. The van der Waals surface area contributed by atoms with Crippen LogP contribution < -0.4 is 10.6 Å². The summed E-state index contributed by atoms with van der Waals surface area (Å²) in [6.45, 7) is 4.09. The number of thiazole rings is 1. The van der Waals surface area contributed by atoms with E-state index in [0.717, 1.165) is 19.4 Å². The van der Waals surface area contributed by atoms with E-state index >= 15 is 0 Å². The van der Waals surface area contributed by atoms with Gasteiger partial charge in [0.25, 0.3) is 5.91 Å². The highest BCUT2D eigenvalue weighted by Crippen LogP contribution is 2.17. The first-order valence-corrected chi connectivity index (χ1v) is 7.10. The number of hydrogen-bond donors (Lipinski definition) is 2. The van der Waals surface area contributed by atoms with Gasteiger partial charge in [-0.3, -0.25) is 9.59 Å². The van der Waals surface area contributed by atoms with Gasteiger partial charge < -0.3 is 15.4 Å². The smallest absolute Gasteiger partial charge is 0.271 e. The number of carbonyl (C=O) groups excluding carboxylic acids is 2. The molecule has 104 valence electrons. The van der Waals surface area contributed by atoms with Crippen molar-refractivity contribution in [2.75, 3.05) is 11.9 Å². The normalized spacial score (nSPS) is 20.0. The van der Waals surface area contributed by atoms with Crippen LogP contribution in [0.25, 0.3) is 0 Å². The predicted octanol–water partition coefficient (Wildman–Crippen LogP) is 1.40. The van der Waals surface area contributed by atoms with E-state index in [0.29, 0.717) is 10.8 Å². The van der Waals surface area contributed by atoms with E-state index in [1.165, 1.54) is 18.3 Å². The number of anilines is 1. The topological polar surface area (TPSA) is 80.3 Å². The van der Waals surface area contributed by atoms with Crippen LogP contribution in [0, 0.1) is 0 Å². The Balaban J connectivity index is 1.91. The Hall–Kier alpha value is -1.47. The van der Waals surface area contributed by atoms with E-state index in [-0.39, 0.29) is 24.0 Å². The summed E-state index contributed by atoms with van der Waals surface area (Å²) in [5.74, 6) is -0.440. The highest BCUT2D eigenvalue weighted by atomic mass is 32.1. The van der Waals surface area contributed by atoms with Crippen molar-refractivity contribution >= 4 is 28.3 Å². The first-order valence-electron chi connectivity index (χ1n) is 6.22. The maximum Gasteiger partial charge on any atom is 0.271 e. The van der Waals surface area contributed by atoms with E-state index in [1.54, 1.807) is 5.38 Å². The Kier molecular flexibility index (Phi) is 4.49. The average molecular weight is 283 g/mol. The van der Waals surface area contributed by atoms with Crippen molar-refractivity contribution in [3.8, 4) is 0 Å². The second-order valence-electron chi connectivity index (χ2n) is 4.53. The molecule has 2 atom stereocenters. The zero-order chi connectivity index (χ0) is 13.8. The van der Waals surface area contributed by atoms with Crippen molar-refractivity contribution in [1.82, 2.24) is 10.3 Å². The lowest BCUT2D eigenvalue weighted by Gasteiger charge is -2.19. The number of hydrogen-bond acceptors (Lipinski definition) is 5. The second kappa shape index (κ2) is 6.12. The highest BCUT2D eigenvalue weighted by molar-refractivity contribution is 7.14. The van der Waals surface area contributed by atoms with E-state index < -0.39 is 0 Å². The van der Waals surface area contributed by atoms with Crippen LogP contribution in [-0.2, 0) is 9.53 Å². The minimum atomic E-state index is -0.240. The Labute approximate surface area is 115 Å². The summed E-state index contributed by atoms with van der Waals surface area (Å²) in [5.41, 5.74) is 0.318. The molecule has 2 unspecified atom stereocenters. The first-order chi connectivity index (χ1) is 9.06. The molecule has 0 saturated carbocycles. The van der Waals surface area contributed by atoms with Crippen molar-refractivity contribution < 1.29 is 14.3 Å². The van der Waals surface area contributed by atoms with Crippen LogP contribution in [0.1, 0.15) is 37.2 Å². The fourth-order valence-electron chi connectivity index (χ4n) is 1.96. The first kappa shape index (κ1) is 14.0. The van der Waals surface area contributed by atoms with Gasteiger partial charge in [-0.2, -0.15) is 0 Å². The zero-order valence-electron chi connectivity index (χ0n) is 10.9. The number of nitrogens with one attached hydrogen (secondary N) is 2. The summed E-state index contributed by atoms with van der Waals surface area (Å²) in [6.07, 6.45) is 2.08. The van der Waals surface area contributed by atoms with Crippen molar-refractivity contribution in [1.29, 1.82) is 0 Å². The second-order valence-corrected chi connectivity index (χ2v) is 5.39. The molecule has 0 radical (unpaired) electrons. The molecule has 0 aromatic carbocycles. The van der Waals surface area contributed by atoms with Gasteiger partial charge in [-0.05, 0) is 19.8 Å². The molecule has 0 bridgehead atoms. The number of rotatable bonds is 4. The lowest BCUT2D eigenvalue weighted by molar-refractivity contribution is -0.114. The molecule has 2 amide bonds. The quantitative estimate of drug-likeness (QED) is 0.875. The molecule has 2 N–H and O–H groups in total. The van der Waals surface area contributed by atoms with Gasteiger partial charge in [0.05, 0.1) is 12.1 Å². The van der Waals surface area contributed by atoms with Gasteiger partial charge in [-0.15, -0.1) is 11.3 Å². The summed E-state index contributed by atoms with van der Waals surface area (Å²) in [6, 6.07) is -0.0408. The van der Waals surface area contributed by atoms with Gasteiger partial charge in [0.2, 0.25) is 5.91 Å². The molecule has 1 saturated heterocycles. The minimum absolute atomic E-state index is 0.0408. The molecule has 2 rings (SSSR count). The molecule has 19 heavy (non-hydrogen) atoms. The fourth-order valence-corrected chi connectivity index (χ4v) is 2.69. The molecule has 7 heteroatoms.